The van der Waals surface area contributed by atoms with E-state index in [4.69, 9.17) is 4.74 Å². The van der Waals surface area contributed by atoms with Gasteiger partial charge in [0.2, 0.25) is 5.91 Å². The zero-order valence-corrected chi connectivity index (χ0v) is 16.2. The fourth-order valence-corrected chi connectivity index (χ4v) is 3.55. The zero-order chi connectivity index (χ0) is 18.9. The average Bonchev–Trinajstić information content (AvgIpc) is 2.70. The van der Waals surface area contributed by atoms with E-state index < -0.39 is 0 Å². The van der Waals surface area contributed by atoms with Crippen molar-refractivity contribution in [2.75, 3.05) is 19.7 Å². The molecule has 1 aliphatic heterocycles. The second-order valence-electron chi connectivity index (χ2n) is 7.14. The first-order chi connectivity index (χ1) is 13.2. The number of nitrogens with one attached hydrogen (secondary N) is 1. The second kappa shape index (κ2) is 10.1. The number of hydrogen-bond acceptors (Lipinski definition) is 3. The summed E-state index contributed by atoms with van der Waals surface area (Å²) in [7, 11) is 0. The molecule has 27 heavy (non-hydrogen) atoms. The van der Waals surface area contributed by atoms with Crippen LogP contribution in [0.15, 0.2) is 48.5 Å². The Morgan fingerprint density at radius 1 is 1.00 bits per heavy atom. The van der Waals surface area contributed by atoms with Crippen molar-refractivity contribution in [2.45, 2.75) is 45.7 Å². The quantitative estimate of drug-likeness (QED) is 0.770. The Labute approximate surface area is 162 Å². The third-order valence-electron chi connectivity index (χ3n) is 5.04. The summed E-state index contributed by atoms with van der Waals surface area (Å²) in [4.78, 5) is 14.9. The number of nitrogens with zero attached hydrogens (tertiary/aromatic N) is 1. The molecule has 0 saturated carbocycles. The van der Waals surface area contributed by atoms with Crippen molar-refractivity contribution in [2.24, 2.45) is 0 Å². The lowest BCUT2D eigenvalue weighted by Crippen LogP contribution is -2.30. The van der Waals surface area contributed by atoms with Gasteiger partial charge in [-0.25, -0.2) is 0 Å². The van der Waals surface area contributed by atoms with Crippen molar-refractivity contribution in [3.63, 3.8) is 0 Å². The third-order valence-corrected chi connectivity index (χ3v) is 5.04. The first-order valence-corrected chi connectivity index (χ1v) is 10.0. The number of likely N-dealkylation sites (tertiary alicyclic amines) is 1. The van der Waals surface area contributed by atoms with Crippen molar-refractivity contribution in [1.82, 2.24) is 10.2 Å². The molecule has 0 aliphatic carbocycles. The van der Waals surface area contributed by atoms with Gasteiger partial charge in [0.25, 0.3) is 0 Å². The molecule has 4 heteroatoms. The Hall–Kier alpha value is -2.33. The third kappa shape index (κ3) is 6.10. The minimum atomic E-state index is 0.0481. The van der Waals surface area contributed by atoms with Crippen LogP contribution in [0.2, 0.25) is 0 Å². The number of amides is 1. The van der Waals surface area contributed by atoms with Gasteiger partial charge in [-0.05, 0) is 61.7 Å². The van der Waals surface area contributed by atoms with Crippen LogP contribution in [0.3, 0.4) is 0 Å². The summed E-state index contributed by atoms with van der Waals surface area (Å²) in [6.07, 6.45) is 4.32. The smallest absolute Gasteiger partial charge is 0.224 e. The highest BCUT2D eigenvalue weighted by molar-refractivity contribution is 5.78. The SMILES string of the molecule is CCOc1ccc(CC(=O)NCc2ccccc2CN2CCCCC2)cc1. The van der Waals surface area contributed by atoms with E-state index >= 15 is 0 Å². The number of rotatable bonds is 8. The largest absolute Gasteiger partial charge is 0.494 e. The minimum absolute atomic E-state index is 0.0481. The Balaban J connectivity index is 1.52. The van der Waals surface area contributed by atoms with Gasteiger partial charge in [0.05, 0.1) is 13.0 Å². The van der Waals surface area contributed by atoms with Gasteiger partial charge in [-0.3, -0.25) is 9.69 Å². The molecule has 1 N–H and O–H groups in total. The normalized spacial score (nSPS) is 14.7. The maximum Gasteiger partial charge on any atom is 0.224 e. The Bertz CT molecular complexity index is 721. The number of ether oxygens (including phenoxy) is 1. The van der Waals surface area contributed by atoms with Crippen LogP contribution in [0.5, 0.6) is 5.75 Å². The van der Waals surface area contributed by atoms with E-state index in [2.05, 4.69) is 28.4 Å². The summed E-state index contributed by atoms with van der Waals surface area (Å²) >= 11 is 0. The van der Waals surface area contributed by atoms with E-state index in [0.29, 0.717) is 19.6 Å². The van der Waals surface area contributed by atoms with Crippen LogP contribution in [0.4, 0.5) is 0 Å². The number of carbonyl (C=O) groups excluding carboxylic acids is 1. The molecule has 1 saturated heterocycles. The highest BCUT2D eigenvalue weighted by atomic mass is 16.5. The summed E-state index contributed by atoms with van der Waals surface area (Å²) in [6.45, 7) is 6.53. The molecule has 2 aromatic carbocycles. The zero-order valence-electron chi connectivity index (χ0n) is 16.2. The molecule has 1 amide bonds. The number of hydrogen-bond donors (Lipinski definition) is 1. The first-order valence-electron chi connectivity index (χ1n) is 10.0. The van der Waals surface area contributed by atoms with Gasteiger partial charge in [-0.1, -0.05) is 42.8 Å². The number of piperidine rings is 1. The summed E-state index contributed by atoms with van der Waals surface area (Å²) in [5, 5.41) is 3.08. The lowest BCUT2D eigenvalue weighted by Gasteiger charge is -2.27. The minimum Gasteiger partial charge on any atom is -0.494 e. The van der Waals surface area contributed by atoms with Gasteiger partial charge in [-0.2, -0.15) is 0 Å². The Morgan fingerprint density at radius 3 is 2.41 bits per heavy atom. The van der Waals surface area contributed by atoms with Crippen molar-refractivity contribution in [3.8, 4) is 5.75 Å². The van der Waals surface area contributed by atoms with E-state index in [9.17, 15) is 4.79 Å². The molecule has 0 radical (unpaired) electrons. The maximum atomic E-state index is 12.3. The number of carbonyl (C=O) groups is 1. The molecule has 1 heterocycles. The highest BCUT2D eigenvalue weighted by Gasteiger charge is 2.13. The van der Waals surface area contributed by atoms with Crippen LogP contribution in [-0.2, 0) is 24.3 Å². The average molecular weight is 367 g/mol. The van der Waals surface area contributed by atoms with E-state index in [1.54, 1.807) is 0 Å². The molecule has 2 aromatic rings. The lowest BCUT2D eigenvalue weighted by atomic mass is 10.0. The van der Waals surface area contributed by atoms with E-state index in [0.717, 1.165) is 17.9 Å². The molecule has 0 bridgehead atoms. The van der Waals surface area contributed by atoms with Crippen LogP contribution < -0.4 is 10.1 Å². The summed E-state index contributed by atoms with van der Waals surface area (Å²) in [5.74, 6) is 0.889. The van der Waals surface area contributed by atoms with Crippen molar-refractivity contribution >= 4 is 5.91 Å². The van der Waals surface area contributed by atoms with E-state index in [-0.39, 0.29) is 5.91 Å². The van der Waals surface area contributed by atoms with Crippen molar-refractivity contribution in [1.29, 1.82) is 0 Å². The van der Waals surface area contributed by atoms with Crippen LogP contribution in [0.25, 0.3) is 0 Å². The molecule has 144 valence electrons. The monoisotopic (exact) mass is 366 g/mol. The van der Waals surface area contributed by atoms with Gasteiger partial charge in [0.1, 0.15) is 5.75 Å². The van der Waals surface area contributed by atoms with Crippen LogP contribution in [-0.4, -0.2) is 30.5 Å². The molecular weight excluding hydrogens is 336 g/mol. The maximum absolute atomic E-state index is 12.3. The number of benzene rings is 2. The van der Waals surface area contributed by atoms with Gasteiger partial charge < -0.3 is 10.1 Å². The van der Waals surface area contributed by atoms with Crippen LogP contribution in [0.1, 0.15) is 42.9 Å². The van der Waals surface area contributed by atoms with Crippen LogP contribution in [0, 0.1) is 0 Å². The van der Waals surface area contributed by atoms with E-state index in [1.165, 1.54) is 43.5 Å². The fourth-order valence-electron chi connectivity index (χ4n) is 3.55. The molecule has 0 unspecified atom stereocenters. The lowest BCUT2D eigenvalue weighted by molar-refractivity contribution is -0.120. The van der Waals surface area contributed by atoms with Crippen molar-refractivity contribution < 1.29 is 9.53 Å². The highest BCUT2D eigenvalue weighted by Crippen LogP contribution is 2.16. The van der Waals surface area contributed by atoms with Gasteiger partial charge >= 0.3 is 0 Å². The topological polar surface area (TPSA) is 41.6 Å². The van der Waals surface area contributed by atoms with Crippen molar-refractivity contribution in [3.05, 3.63) is 65.2 Å². The molecule has 1 fully saturated rings. The molecule has 3 rings (SSSR count). The van der Waals surface area contributed by atoms with Gasteiger partial charge in [0, 0.05) is 13.1 Å². The molecule has 0 atom stereocenters. The molecular formula is C23H30N2O2. The predicted octanol–water partition coefficient (Wildman–Crippen LogP) is 3.93. The molecule has 1 aliphatic rings. The first kappa shape index (κ1) is 19.4. The summed E-state index contributed by atoms with van der Waals surface area (Å²) in [6, 6.07) is 16.2. The van der Waals surface area contributed by atoms with Gasteiger partial charge in [0.15, 0.2) is 0 Å². The second-order valence-corrected chi connectivity index (χ2v) is 7.14. The standard InChI is InChI=1S/C23H30N2O2/c1-2-27-22-12-10-19(11-13-22)16-23(26)24-17-20-8-4-5-9-21(20)18-25-14-6-3-7-15-25/h4-5,8-13H,2-3,6-7,14-18H2,1H3,(H,24,26). The van der Waals surface area contributed by atoms with E-state index in [1.807, 2.05) is 37.3 Å². The predicted molar refractivity (Wildman–Crippen MR) is 109 cm³/mol. The van der Waals surface area contributed by atoms with Gasteiger partial charge in [-0.15, -0.1) is 0 Å². The summed E-state index contributed by atoms with van der Waals surface area (Å²) in [5.41, 5.74) is 3.53. The molecule has 0 aromatic heterocycles. The van der Waals surface area contributed by atoms with Crippen LogP contribution >= 0.6 is 0 Å². The Kier molecular flexibility index (Phi) is 7.28. The Morgan fingerprint density at radius 2 is 1.70 bits per heavy atom. The molecule has 0 spiro atoms. The fraction of sp³-hybridized carbons (Fsp3) is 0.435. The molecule has 4 nitrogen and oxygen atoms in total. The summed E-state index contributed by atoms with van der Waals surface area (Å²) < 4.78 is 5.44.